The van der Waals surface area contributed by atoms with Gasteiger partial charge in [-0.05, 0) is 42.5 Å². The second-order valence-corrected chi connectivity index (χ2v) is 5.79. The lowest BCUT2D eigenvalue weighted by Crippen LogP contribution is -2.12. The SMILES string of the molecule is c1cncc(-c2cn(C3CCCCc4ccccc43)nn2)c1. The summed E-state index contributed by atoms with van der Waals surface area (Å²) >= 11 is 0. The summed E-state index contributed by atoms with van der Waals surface area (Å²) in [7, 11) is 0. The molecule has 3 aromatic rings. The van der Waals surface area contributed by atoms with Gasteiger partial charge < -0.3 is 0 Å². The van der Waals surface area contributed by atoms with E-state index in [9.17, 15) is 0 Å². The van der Waals surface area contributed by atoms with Gasteiger partial charge >= 0.3 is 0 Å². The fraction of sp³-hybridized carbons (Fsp3) is 0.278. The van der Waals surface area contributed by atoms with Crippen LogP contribution in [0.3, 0.4) is 0 Å². The summed E-state index contributed by atoms with van der Waals surface area (Å²) in [6, 6.07) is 13.0. The molecule has 22 heavy (non-hydrogen) atoms. The minimum absolute atomic E-state index is 0.289. The number of nitrogens with zero attached hydrogens (tertiary/aromatic N) is 4. The minimum Gasteiger partial charge on any atom is -0.264 e. The van der Waals surface area contributed by atoms with Crippen molar-refractivity contribution in [2.45, 2.75) is 31.7 Å². The molecule has 2 heterocycles. The molecule has 0 saturated heterocycles. The van der Waals surface area contributed by atoms with Gasteiger partial charge in [0.15, 0.2) is 0 Å². The Morgan fingerprint density at radius 3 is 2.91 bits per heavy atom. The van der Waals surface area contributed by atoms with Crippen LogP contribution in [0, 0.1) is 0 Å². The molecule has 4 heteroatoms. The molecule has 0 spiro atoms. The third kappa shape index (κ3) is 2.41. The third-order valence-electron chi connectivity index (χ3n) is 4.37. The Balaban J connectivity index is 1.72. The topological polar surface area (TPSA) is 43.6 Å². The molecule has 1 aromatic carbocycles. The van der Waals surface area contributed by atoms with Crippen molar-refractivity contribution in [1.82, 2.24) is 20.0 Å². The van der Waals surface area contributed by atoms with Crippen molar-refractivity contribution < 1.29 is 0 Å². The van der Waals surface area contributed by atoms with Crippen LogP contribution in [0.5, 0.6) is 0 Å². The van der Waals surface area contributed by atoms with E-state index in [2.05, 4.69) is 39.6 Å². The maximum atomic E-state index is 4.40. The Labute approximate surface area is 129 Å². The molecule has 0 N–H and O–H groups in total. The van der Waals surface area contributed by atoms with Crippen LogP contribution in [0.4, 0.5) is 0 Å². The van der Waals surface area contributed by atoms with Gasteiger partial charge in [0.05, 0.1) is 12.2 Å². The highest BCUT2D eigenvalue weighted by Crippen LogP contribution is 2.31. The maximum absolute atomic E-state index is 4.40. The van der Waals surface area contributed by atoms with Crippen LogP contribution in [0.1, 0.15) is 36.4 Å². The smallest absolute Gasteiger partial charge is 0.114 e. The van der Waals surface area contributed by atoms with Crippen molar-refractivity contribution >= 4 is 0 Å². The molecule has 110 valence electrons. The standard InChI is InChI=1S/C18H18N4/c1-3-9-16-14(6-1)7-2-4-10-18(16)22-13-17(20-21-22)15-8-5-11-19-12-15/h1,3,5-6,8-9,11-13,18H,2,4,7,10H2. The lowest BCUT2D eigenvalue weighted by atomic mass is 9.99. The quantitative estimate of drug-likeness (QED) is 0.677. The van der Waals surface area contributed by atoms with Gasteiger partial charge in [0.25, 0.3) is 0 Å². The van der Waals surface area contributed by atoms with Crippen LogP contribution in [0.25, 0.3) is 11.3 Å². The molecular formula is C18H18N4. The molecule has 4 rings (SSSR count). The molecule has 1 aliphatic carbocycles. The Bertz CT molecular complexity index is 764. The van der Waals surface area contributed by atoms with E-state index in [1.165, 1.54) is 24.0 Å². The number of hydrogen-bond donors (Lipinski definition) is 0. The van der Waals surface area contributed by atoms with E-state index in [4.69, 9.17) is 0 Å². The minimum atomic E-state index is 0.289. The van der Waals surface area contributed by atoms with Gasteiger partial charge in [-0.15, -0.1) is 5.10 Å². The van der Waals surface area contributed by atoms with E-state index in [1.54, 1.807) is 6.20 Å². The Morgan fingerprint density at radius 2 is 2.00 bits per heavy atom. The van der Waals surface area contributed by atoms with E-state index >= 15 is 0 Å². The van der Waals surface area contributed by atoms with Crippen molar-refractivity contribution in [2.75, 3.05) is 0 Å². The van der Waals surface area contributed by atoms with E-state index in [-0.39, 0.29) is 6.04 Å². The van der Waals surface area contributed by atoms with E-state index in [0.717, 1.165) is 24.1 Å². The summed E-state index contributed by atoms with van der Waals surface area (Å²) in [5.41, 5.74) is 4.73. The number of benzene rings is 1. The van der Waals surface area contributed by atoms with Crippen LogP contribution in [-0.2, 0) is 6.42 Å². The Kier molecular flexibility index (Phi) is 3.43. The predicted octanol–water partition coefficient (Wildman–Crippen LogP) is 3.66. The molecule has 0 fully saturated rings. The molecule has 0 aliphatic heterocycles. The number of rotatable bonds is 2. The van der Waals surface area contributed by atoms with Crippen LogP contribution < -0.4 is 0 Å². The lowest BCUT2D eigenvalue weighted by molar-refractivity contribution is 0.468. The molecule has 1 unspecified atom stereocenters. The van der Waals surface area contributed by atoms with Gasteiger partial charge in [-0.25, -0.2) is 4.68 Å². The number of hydrogen-bond acceptors (Lipinski definition) is 3. The first-order valence-electron chi connectivity index (χ1n) is 7.82. The van der Waals surface area contributed by atoms with Gasteiger partial charge in [-0.2, -0.15) is 0 Å². The maximum Gasteiger partial charge on any atom is 0.114 e. The van der Waals surface area contributed by atoms with Gasteiger partial charge in [-0.1, -0.05) is 35.9 Å². The molecule has 0 bridgehead atoms. The van der Waals surface area contributed by atoms with Gasteiger partial charge in [-0.3, -0.25) is 4.98 Å². The highest BCUT2D eigenvalue weighted by molar-refractivity contribution is 5.55. The number of fused-ring (bicyclic) bond motifs is 1. The van der Waals surface area contributed by atoms with Crippen LogP contribution in [0.2, 0.25) is 0 Å². The van der Waals surface area contributed by atoms with Crippen molar-refractivity contribution in [3.8, 4) is 11.3 Å². The monoisotopic (exact) mass is 290 g/mol. The first-order valence-corrected chi connectivity index (χ1v) is 7.82. The molecule has 0 saturated carbocycles. The third-order valence-corrected chi connectivity index (χ3v) is 4.37. The highest BCUT2D eigenvalue weighted by atomic mass is 15.4. The molecule has 1 atom stereocenters. The van der Waals surface area contributed by atoms with Gasteiger partial charge in [0.1, 0.15) is 5.69 Å². The molecular weight excluding hydrogens is 272 g/mol. The fourth-order valence-electron chi connectivity index (χ4n) is 3.25. The van der Waals surface area contributed by atoms with E-state index in [1.807, 2.05) is 29.2 Å². The van der Waals surface area contributed by atoms with E-state index in [0.29, 0.717) is 0 Å². The summed E-state index contributed by atoms with van der Waals surface area (Å²) in [6.07, 6.45) is 10.4. The molecule has 4 nitrogen and oxygen atoms in total. The second-order valence-electron chi connectivity index (χ2n) is 5.79. The van der Waals surface area contributed by atoms with Crippen LogP contribution in [-0.4, -0.2) is 20.0 Å². The normalized spacial score (nSPS) is 17.7. The summed E-state index contributed by atoms with van der Waals surface area (Å²) in [5.74, 6) is 0. The lowest BCUT2D eigenvalue weighted by Gasteiger charge is -2.17. The fourth-order valence-corrected chi connectivity index (χ4v) is 3.25. The Morgan fingerprint density at radius 1 is 1.05 bits per heavy atom. The summed E-state index contributed by atoms with van der Waals surface area (Å²) < 4.78 is 2.02. The zero-order chi connectivity index (χ0) is 14.8. The second kappa shape index (κ2) is 5.72. The number of aromatic nitrogens is 4. The largest absolute Gasteiger partial charge is 0.264 e. The molecule has 0 radical (unpaired) electrons. The average Bonchev–Trinajstić information content (AvgIpc) is 2.96. The first kappa shape index (κ1) is 13.2. The zero-order valence-electron chi connectivity index (χ0n) is 12.4. The van der Waals surface area contributed by atoms with Crippen LogP contribution >= 0.6 is 0 Å². The predicted molar refractivity (Wildman–Crippen MR) is 85.4 cm³/mol. The molecule has 2 aromatic heterocycles. The van der Waals surface area contributed by atoms with Crippen molar-refractivity contribution in [3.63, 3.8) is 0 Å². The van der Waals surface area contributed by atoms with Gasteiger partial charge in [0.2, 0.25) is 0 Å². The summed E-state index contributed by atoms with van der Waals surface area (Å²) in [6.45, 7) is 0. The highest BCUT2D eigenvalue weighted by Gasteiger charge is 2.21. The van der Waals surface area contributed by atoms with Crippen molar-refractivity contribution in [1.29, 1.82) is 0 Å². The number of pyridine rings is 1. The molecule has 0 amide bonds. The summed E-state index contributed by atoms with van der Waals surface area (Å²) in [5, 5.41) is 8.73. The van der Waals surface area contributed by atoms with Gasteiger partial charge in [0, 0.05) is 18.0 Å². The summed E-state index contributed by atoms with van der Waals surface area (Å²) in [4.78, 5) is 4.16. The van der Waals surface area contributed by atoms with Crippen molar-refractivity contribution in [3.05, 3.63) is 66.1 Å². The molecule has 1 aliphatic rings. The Hall–Kier alpha value is -2.49. The van der Waals surface area contributed by atoms with E-state index < -0.39 is 0 Å². The van der Waals surface area contributed by atoms with Crippen molar-refractivity contribution in [2.24, 2.45) is 0 Å². The average molecular weight is 290 g/mol. The zero-order valence-corrected chi connectivity index (χ0v) is 12.4. The first-order chi connectivity index (χ1) is 10.9. The number of aryl methyl sites for hydroxylation is 1. The van der Waals surface area contributed by atoms with Crippen LogP contribution in [0.15, 0.2) is 55.0 Å².